The van der Waals surface area contributed by atoms with Crippen LogP contribution in [0.2, 0.25) is 0 Å². The Kier molecular flexibility index (Phi) is 6.31. The number of anilines is 1. The molecule has 1 aromatic carbocycles. The Bertz CT molecular complexity index is 1380. The van der Waals surface area contributed by atoms with E-state index in [0.29, 0.717) is 43.8 Å². The van der Waals surface area contributed by atoms with Crippen LogP contribution in [0.3, 0.4) is 0 Å². The van der Waals surface area contributed by atoms with Crippen LogP contribution in [0.15, 0.2) is 59.8 Å². The minimum Gasteiger partial charge on any atom is -0.353 e. The summed E-state index contributed by atoms with van der Waals surface area (Å²) in [6.07, 6.45) is 7.04. The van der Waals surface area contributed by atoms with Crippen LogP contribution >= 0.6 is 0 Å². The number of hydrogen-bond donors (Lipinski definition) is 0. The molecule has 1 saturated heterocycles. The lowest BCUT2D eigenvalue weighted by atomic mass is 10.1. The summed E-state index contributed by atoms with van der Waals surface area (Å²) < 4.78 is 3.33. The lowest BCUT2D eigenvalue weighted by molar-refractivity contribution is -0.131. The summed E-state index contributed by atoms with van der Waals surface area (Å²) in [4.78, 5) is 34.3. The summed E-state index contributed by atoms with van der Waals surface area (Å²) in [6.45, 7) is 6.98. The minimum absolute atomic E-state index is 0.150. The number of aryl methyl sites for hydroxylation is 3. The number of fused-ring (bicyclic) bond motifs is 1. The van der Waals surface area contributed by atoms with Crippen LogP contribution in [-0.4, -0.2) is 61.1 Å². The highest BCUT2D eigenvalue weighted by Crippen LogP contribution is 2.15. The van der Waals surface area contributed by atoms with Gasteiger partial charge in [-0.3, -0.25) is 18.6 Å². The molecular weight excluding hydrogens is 442 g/mol. The molecule has 4 heterocycles. The molecule has 1 amide bonds. The summed E-state index contributed by atoms with van der Waals surface area (Å²) in [6, 6.07) is 11.9. The first-order valence-corrected chi connectivity index (χ1v) is 12.0. The van der Waals surface area contributed by atoms with Crippen molar-refractivity contribution in [3.63, 3.8) is 0 Å². The van der Waals surface area contributed by atoms with Crippen LogP contribution in [0.5, 0.6) is 0 Å². The summed E-state index contributed by atoms with van der Waals surface area (Å²) >= 11 is 0. The van der Waals surface area contributed by atoms with Crippen LogP contribution in [0, 0.1) is 13.8 Å². The van der Waals surface area contributed by atoms with E-state index in [-0.39, 0.29) is 11.5 Å². The molecule has 0 aliphatic carbocycles. The average Bonchev–Trinajstić information content (AvgIpc) is 3.28. The van der Waals surface area contributed by atoms with Crippen LogP contribution in [0.1, 0.15) is 29.8 Å². The molecule has 5 rings (SSSR count). The number of piperazine rings is 1. The molecule has 0 unspecified atom stereocenters. The van der Waals surface area contributed by atoms with E-state index >= 15 is 0 Å². The molecule has 0 N–H and O–H groups in total. The summed E-state index contributed by atoms with van der Waals surface area (Å²) in [5.41, 5.74) is 3.08. The van der Waals surface area contributed by atoms with Crippen molar-refractivity contribution in [2.45, 2.75) is 33.1 Å². The van der Waals surface area contributed by atoms with Gasteiger partial charge in [-0.05, 0) is 55.7 Å². The number of hydrogen-bond acceptors (Lipinski definition) is 6. The van der Waals surface area contributed by atoms with Crippen molar-refractivity contribution in [1.82, 2.24) is 29.0 Å². The highest BCUT2D eigenvalue weighted by Gasteiger charge is 2.21. The Hall–Kier alpha value is -4.01. The van der Waals surface area contributed by atoms with Crippen LogP contribution in [0.4, 0.5) is 5.82 Å². The predicted molar refractivity (Wildman–Crippen MR) is 134 cm³/mol. The van der Waals surface area contributed by atoms with E-state index in [1.54, 1.807) is 21.4 Å². The molecule has 1 fully saturated rings. The van der Waals surface area contributed by atoms with Gasteiger partial charge in [-0.25, -0.2) is 4.98 Å². The third-order valence-electron chi connectivity index (χ3n) is 6.42. The Morgan fingerprint density at radius 3 is 2.46 bits per heavy atom. The zero-order valence-electron chi connectivity index (χ0n) is 20.1. The molecule has 35 heavy (non-hydrogen) atoms. The van der Waals surface area contributed by atoms with Gasteiger partial charge in [-0.15, -0.1) is 10.2 Å². The number of aromatic nitrogens is 5. The topological polar surface area (TPSA) is 88.6 Å². The van der Waals surface area contributed by atoms with Crippen molar-refractivity contribution < 1.29 is 4.79 Å². The molecule has 9 nitrogen and oxygen atoms in total. The second kappa shape index (κ2) is 9.69. The summed E-state index contributed by atoms with van der Waals surface area (Å²) in [5.74, 6) is 1.80. The number of benzene rings is 1. The number of rotatable bonds is 6. The normalized spacial score (nSPS) is 14.0. The zero-order valence-corrected chi connectivity index (χ0v) is 20.1. The van der Waals surface area contributed by atoms with Gasteiger partial charge in [0.1, 0.15) is 11.6 Å². The fourth-order valence-corrected chi connectivity index (χ4v) is 4.68. The van der Waals surface area contributed by atoms with Crippen molar-refractivity contribution in [3.05, 3.63) is 82.3 Å². The highest BCUT2D eigenvalue weighted by molar-refractivity contribution is 5.76. The number of nitrogens with zero attached hydrogens (tertiary/aromatic N) is 7. The number of amides is 1. The Morgan fingerprint density at radius 1 is 0.971 bits per heavy atom. The number of carbonyl (C=O) groups excluding carboxylic acids is 1. The molecule has 3 aromatic heterocycles. The van der Waals surface area contributed by atoms with Crippen molar-refractivity contribution in [1.29, 1.82) is 0 Å². The standard InChI is InChI=1S/C26H29N7O2/c1-19-16-20(2)18-21(17-19)32-14-15-33-23(28-29-25(33)26(32)35)7-5-8-24(34)31-12-10-30(11-13-31)22-6-3-4-9-27-22/h3-4,6,9,14-18H,5,7-8,10-13H2,1-2H3. The summed E-state index contributed by atoms with van der Waals surface area (Å²) in [5, 5.41) is 8.39. The smallest absolute Gasteiger partial charge is 0.300 e. The fraction of sp³-hybridized carbons (Fsp3) is 0.346. The van der Waals surface area contributed by atoms with Crippen molar-refractivity contribution in [2.75, 3.05) is 31.1 Å². The van der Waals surface area contributed by atoms with E-state index in [0.717, 1.165) is 35.7 Å². The minimum atomic E-state index is -0.210. The molecule has 1 aliphatic rings. The molecule has 0 saturated carbocycles. The Balaban J connectivity index is 1.20. The molecule has 0 atom stereocenters. The largest absolute Gasteiger partial charge is 0.353 e. The molecule has 0 spiro atoms. The number of pyridine rings is 1. The summed E-state index contributed by atoms with van der Waals surface area (Å²) in [7, 11) is 0. The maximum absolute atomic E-state index is 13.1. The highest BCUT2D eigenvalue weighted by atomic mass is 16.2. The Morgan fingerprint density at radius 2 is 1.74 bits per heavy atom. The predicted octanol–water partition coefficient (Wildman–Crippen LogP) is 2.56. The molecule has 0 bridgehead atoms. The van der Waals surface area contributed by atoms with Crippen LogP contribution in [0.25, 0.3) is 11.3 Å². The van der Waals surface area contributed by atoms with Gasteiger partial charge in [-0.1, -0.05) is 12.1 Å². The maximum atomic E-state index is 13.1. The van der Waals surface area contributed by atoms with Crippen molar-refractivity contribution >= 4 is 17.4 Å². The van der Waals surface area contributed by atoms with E-state index in [1.165, 1.54) is 0 Å². The molecular formula is C26H29N7O2. The van der Waals surface area contributed by atoms with Crippen LogP contribution < -0.4 is 10.5 Å². The lowest BCUT2D eigenvalue weighted by Crippen LogP contribution is -2.49. The van der Waals surface area contributed by atoms with Gasteiger partial charge < -0.3 is 9.80 Å². The third kappa shape index (κ3) is 4.80. The van der Waals surface area contributed by atoms with Crippen LogP contribution in [-0.2, 0) is 11.2 Å². The SMILES string of the molecule is Cc1cc(C)cc(-n2ccn3c(CCCC(=O)N4CCN(c5ccccn5)CC4)nnc3c2=O)c1. The quantitative estimate of drug-likeness (QED) is 0.430. The fourth-order valence-electron chi connectivity index (χ4n) is 4.68. The molecule has 4 aromatic rings. The molecule has 1 aliphatic heterocycles. The first kappa shape index (κ1) is 22.8. The second-order valence-electron chi connectivity index (χ2n) is 9.04. The van der Waals surface area contributed by atoms with Crippen molar-refractivity contribution in [3.8, 4) is 5.69 Å². The Labute approximate surface area is 203 Å². The van der Waals surface area contributed by atoms with E-state index < -0.39 is 0 Å². The van der Waals surface area contributed by atoms with Crippen molar-refractivity contribution in [2.24, 2.45) is 0 Å². The van der Waals surface area contributed by atoms with Gasteiger partial charge in [0, 0.05) is 63.3 Å². The van der Waals surface area contributed by atoms with Gasteiger partial charge in [-0.2, -0.15) is 0 Å². The molecule has 9 heteroatoms. The van der Waals surface area contributed by atoms with E-state index in [1.807, 2.05) is 55.3 Å². The van der Waals surface area contributed by atoms with E-state index in [9.17, 15) is 9.59 Å². The van der Waals surface area contributed by atoms with Gasteiger partial charge in [0.15, 0.2) is 0 Å². The molecule has 0 radical (unpaired) electrons. The third-order valence-corrected chi connectivity index (χ3v) is 6.42. The number of carbonyl (C=O) groups is 1. The maximum Gasteiger partial charge on any atom is 0.300 e. The van der Waals surface area contributed by atoms with Gasteiger partial charge in [0.05, 0.1) is 0 Å². The zero-order chi connectivity index (χ0) is 24.4. The van der Waals surface area contributed by atoms with Gasteiger partial charge >= 0.3 is 5.56 Å². The van der Waals surface area contributed by atoms with Gasteiger partial charge in [0.25, 0.3) is 0 Å². The monoisotopic (exact) mass is 471 g/mol. The second-order valence-corrected chi connectivity index (χ2v) is 9.04. The molecule has 180 valence electrons. The first-order valence-electron chi connectivity index (χ1n) is 12.0. The average molecular weight is 472 g/mol. The van der Waals surface area contributed by atoms with E-state index in [2.05, 4.69) is 26.1 Å². The first-order chi connectivity index (χ1) is 17.0. The lowest BCUT2D eigenvalue weighted by Gasteiger charge is -2.35. The van der Waals surface area contributed by atoms with E-state index in [4.69, 9.17) is 0 Å². The van der Waals surface area contributed by atoms with Gasteiger partial charge in [0.2, 0.25) is 11.6 Å².